The maximum Gasteiger partial charge on any atom is 0.245 e. The molecule has 0 aromatic heterocycles. The van der Waals surface area contributed by atoms with Gasteiger partial charge in [-0.3, -0.25) is 4.79 Å². The predicted octanol–water partition coefficient (Wildman–Crippen LogP) is 1.17. The minimum Gasteiger partial charge on any atom is -0.273 e. The van der Waals surface area contributed by atoms with Crippen LogP contribution >= 0.6 is 0 Å². The van der Waals surface area contributed by atoms with Gasteiger partial charge in [0.05, 0.1) is 5.29 Å². The van der Waals surface area contributed by atoms with Crippen LogP contribution < -0.4 is 0 Å². The molecule has 4 nitrogen and oxygen atoms in total. The van der Waals surface area contributed by atoms with Gasteiger partial charge in [-0.1, -0.05) is 13.8 Å². The van der Waals surface area contributed by atoms with E-state index in [2.05, 4.69) is 5.29 Å². The first-order valence-corrected chi connectivity index (χ1v) is 3.17. The van der Waals surface area contributed by atoms with Crippen LogP contribution in [0.3, 0.4) is 0 Å². The van der Waals surface area contributed by atoms with E-state index in [-0.39, 0.29) is 11.8 Å². The Morgan fingerprint density at radius 3 is 2.40 bits per heavy atom. The molecular formula is C6H12N2O2. The van der Waals surface area contributed by atoms with Crippen molar-refractivity contribution in [2.75, 3.05) is 7.05 Å². The molecular weight excluding hydrogens is 132 g/mol. The predicted molar refractivity (Wildman–Crippen MR) is 38.0 cm³/mol. The van der Waals surface area contributed by atoms with E-state index in [4.69, 9.17) is 0 Å². The third kappa shape index (κ3) is 3.17. The summed E-state index contributed by atoms with van der Waals surface area (Å²) in [7, 11) is 1.36. The van der Waals surface area contributed by atoms with Crippen molar-refractivity contribution in [3.63, 3.8) is 0 Å². The minimum atomic E-state index is -0.231. The van der Waals surface area contributed by atoms with Crippen LogP contribution in [0.5, 0.6) is 0 Å². The van der Waals surface area contributed by atoms with Crippen molar-refractivity contribution in [3.8, 4) is 0 Å². The van der Waals surface area contributed by atoms with Gasteiger partial charge >= 0.3 is 0 Å². The first-order valence-electron chi connectivity index (χ1n) is 3.17. The van der Waals surface area contributed by atoms with Gasteiger partial charge in [-0.25, -0.2) is 0 Å². The molecule has 0 aliphatic heterocycles. The molecule has 58 valence electrons. The highest BCUT2D eigenvalue weighted by molar-refractivity contribution is 5.75. The quantitative estimate of drug-likeness (QED) is 0.441. The lowest BCUT2D eigenvalue weighted by atomic mass is 10.1. The average Bonchev–Trinajstić information content (AvgIpc) is 1.85. The molecule has 0 aromatic rings. The van der Waals surface area contributed by atoms with Crippen LogP contribution in [-0.2, 0) is 4.79 Å². The van der Waals surface area contributed by atoms with E-state index in [9.17, 15) is 9.70 Å². The lowest BCUT2D eigenvalue weighted by Gasteiger charge is -2.07. The lowest BCUT2D eigenvalue weighted by molar-refractivity contribution is -0.130. The molecule has 0 heterocycles. The first kappa shape index (κ1) is 9.07. The SMILES string of the molecule is CC(C)CC(=O)N(C)N=O. The number of nitroso groups, excluding NO2 is 1. The molecule has 0 saturated carbocycles. The van der Waals surface area contributed by atoms with Gasteiger partial charge in [-0.05, 0) is 5.92 Å². The third-order valence-electron chi connectivity index (χ3n) is 1.07. The monoisotopic (exact) mass is 144 g/mol. The fourth-order valence-electron chi connectivity index (χ4n) is 0.527. The van der Waals surface area contributed by atoms with E-state index >= 15 is 0 Å². The van der Waals surface area contributed by atoms with E-state index in [1.807, 2.05) is 13.8 Å². The Morgan fingerprint density at radius 1 is 1.60 bits per heavy atom. The Labute approximate surface area is 60.2 Å². The molecule has 0 spiro atoms. The largest absolute Gasteiger partial charge is 0.273 e. The van der Waals surface area contributed by atoms with Crippen LogP contribution in [0.2, 0.25) is 0 Å². The minimum absolute atomic E-state index is 0.231. The average molecular weight is 144 g/mol. The summed E-state index contributed by atoms with van der Waals surface area (Å²) < 4.78 is 0. The summed E-state index contributed by atoms with van der Waals surface area (Å²) in [6.07, 6.45) is 0.377. The molecule has 4 heteroatoms. The van der Waals surface area contributed by atoms with E-state index in [0.717, 1.165) is 5.01 Å². The zero-order valence-electron chi connectivity index (χ0n) is 6.50. The summed E-state index contributed by atoms with van der Waals surface area (Å²) in [5.74, 6) is 0.0432. The van der Waals surface area contributed by atoms with Crippen molar-refractivity contribution < 1.29 is 4.79 Å². The van der Waals surface area contributed by atoms with Gasteiger partial charge in [-0.2, -0.15) is 5.01 Å². The molecule has 0 radical (unpaired) electrons. The number of hydrogen-bond donors (Lipinski definition) is 0. The number of carbonyl (C=O) groups excluding carboxylic acids is 1. The van der Waals surface area contributed by atoms with Crippen LogP contribution in [0, 0.1) is 10.8 Å². The third-order valence-corrected chi connectivity index (χ3v) is 1.07. The number of carbonyl (C=O) groups is 1. The summed E-state index contributed by atoms with van der Waals surface area (Å²) in [6.45, 7) is 3.83. The van der Waals surface area contributed by atoms with Crippen molar-refractivity contribution in [1.82, 2.24) is 5.01 Å². The summed E-state index contributed by atoms with van der Waals surface area (Å²) >= 11 is 0. The Kier molecular flexibility index (Phi) is 3.61. The fraction of sp³-hybridized carbons (Fsp3) is 0.833. The highest BCUT2D eigenvalue weighted by Gasteiger charge is 2.09. The van der Waals surface area contributed by atoms with Crippen LogP contribution in [0.25, 0.3) is 0 Å². The van der Waals surface area contributed by atoms with Gasteiger partial charge in [0, 0.05) is 13.5 Å². The molecule has 0 saturated heterocycles. The Balaban J connectivity index is 3.73. The number of hydrogen-bond acceptors (Lipinski definition) is 3. The second kappa shape index (κ2) is 3.98. The van der Waals surface area contributed by atoms with E-state index < -0.39 is 0 Å². The molecule has 10 heavy (non-hydrogen) atoms. The highest BCUT2D eigenvalue weighted by atomic mass is 16.3. The van der Waals surface area contributed by atoms with E-state index in [1.54, 1.807) is 0 Å². The van der Waals surface area contributed by atoms with Crippen LogP contribution in [-0.4, -0.2) is 18.0 Å². The second-order valence-electron chi connectivity index (χ2n) is 2.60. The molecule has 0 rings (SSSR count). The van der Waals surface area contributed by atoms with Crippen LogP contribution in [0.4, 0.5) is 0 Å². The highest BCUT2D eigenvalue weighted by Crippen LogP contribution is 2.01. The zero-order chi connectivity index (χ0) is 8.15. The molecule has 0 fully saturated rings. The molecule has 0 N–H and O–H groups in total. The Morgan fingerprint density at radius 2 is 2.10 bits per heavy atom. The van der Waals surface area contributed by atoms with Gasteiger partial charge < -0.3 is 0 Å². The summed E-state index contributed by atoms with van der Waals surface area (Å²) in [5, 5.41) is 3.29. The van der Waals surface area contributed by atoms with Crippen molar-refractivity contribution in [3.05, 3.63) is 4.91 Å². The van der Waals surface area contributed by atoms with Gasteiger partial charge in [0.25, 0.3) is 0 Å². The second-order valence-corrected chi connectivity index (χ2v) is 2.60. The Hall–Kier alpha value is -0.930. The molecule has 0 atom stereocenters. The number of nitrogens with zero attached hydrogens (tertiary/aromatic N) is 2. The Bertz CT molecular complexity index is 134. The lowest BCUT2D eigenvalue weighted by Crippen LogP contribution is -2.21. The molecule has 0 aromatic carbocycles. The number of rotatable bonds is 3. The zero-order valence-corrected chi connectivity index (χ0v) is 6.50. The van der Waals surface area contributed by atoms with Crippen molar-refractivity contribution in [1.29, 1.82) is 0 Å². The maximum atomic E-state index is 10.8. The van der Waals surface area contributed by atoms with Crippen LogP contribution in [0.15, 0.2) is 5.29 Å². The molecule has 0 aliphatic rings. The maximum absolute atomic E-state index is 10.8. The standard InChI is InChI=1S/C6H12N2O2/c1-5(2)4-6(9)8(3)7-10/h5H,4H2,1-3H3. The van der Waals surface area contributed by atoms with Gasteiger partial charge in [0.15, 0.2) is 0 Å². The summed E-state index contributed by atoms with van der Waals surface area (Å²) in [4.78, 5) is 20.6. The topological polar surface area (TPSA) is 49.7 Å². The first-order chi connectivity index (χ1) is 4.57. The number of amides is 1. The normalized spacial score (nSPS) is 9.60. The summed E-state index contributed by atoms with van der Waals surface area (Å²) in [6, 6.07) is 0. The molecule has 0 unspecified atom stereocenters. The van der Waals surface area contributed by atoms with Crippen molar-refractivity contribution >= 4 is 5.91 Å². The molecule has 1 amide bonds. The molecule has 0 aliphatic carbocycles. The van der Waals surface area contributed by atoms with E-state index in [0.29, 0.717) is 6.42 Å². The van der Waals surface area contributed by atoms with Gasteiger partial charge in [0.1, 0.15) is 0 Å². The van der Waals surface area contributed by atoms with Crippen molar-refractivity contribution in [2.45, 2.75) is 20.3 Å². The van der Waals surface area contributed by atoms with Gasteiger partial charge in [-0.15, -0.1) is 4.91 Å². The van der Waals surface area contributed by atoms with Crippen molar-refractivity contribution in [2.24, 2.45) is 11.2 Å². The fourth-order valence-corrected chi connectivity index (χ4v) is 0.527. The molecule has 0 bridgehead atoms. The smallest absolute Gasteiger partial charge is 0.245 e. The van der Waals surface area contributed by atoms with Crippen LogP contribution in [0.1, 0.15) is 20.3 Å². The summed E-state index contributed by atoms with van der Waals surface area (Å²) in [5.41, 5.74) is 0. The van der Waals surface area contributed by atoms with Gasteiger partial charge in [0.2, 0.25) is 5.91 Å². The van der Waals surface area contributed by atoms with E-state index in [1.165, 1.54) is 7.05 Å².